The molecule has 0 unspecified atom stereocenters. The number of aromatic hydroxyl groups is 1. The number of benzene rings is 2. The molecule has 0 saturated heterocycles. The summed E-state index contributed by atoms with van der Waals surface area (Å²) >= 11 is 18.1. The van der Waals surface area contributed by atoms with Crippen LogP contribution in [-0.4, -0.2) is 33.8 Å². The van der Waals surface area contributed by atoms with Crippen LogP contribution in [0.4, 0.5) is 0 Å². The monoisotopic (exact) mass is 734 g/mol. The Bertz CT molecular complexity index is 1440. The van der Waals surface area contributed by atoms with E-state index in [4.69, 9.17) is 27.9 Å². The molecule has 0 aliphatic carbocycles. The fourth-order valence-electron chi connectivity index (χ4n) is 3.47. The predicted octanol–water partition coefficient (Wildman–Crippen LogP) is 2.35. The smallest absolute Gasteiger partial charge is 1.00 e. The van der Waals surface area contributed by atoms with Crippen LogP contribution in [0.3, 0.4) is 0 Å². The van der Waals surface area contributed by atoms with Crippen LogP contribution in [0, 0.1) is 0 Å². The Morgan fingerprint density at radius 2 is 1.15 bits per heavy atom. The number of hydrogen-bond donors (Lipinski definition) is 1. The minimum atomic E-state index is -0.186. The molecule has 2 aromatic heterocycles. The zero-order valence-corrected chi connectivity index (χ0v) is 27.7. The van der Waals surface area contributed by atoms with E-state index in [-0.39, 0.29) is 54.3 Å². The SMILES string of the molecule is COc1ccc(Br)nc1C(=O)CCc1ccc(Cl)cc1.O=C(CCc1ccc(Cl)cc1)c1nc(Br)ccc1O.[Cl-].[Li+]. The normalized spacial score (nSPS) is 9.88. The first-order valence-corrected chi connectivity index (χ1v) is 14.1. The Kier molecular flexibility index (Phi) is 16.8. The summed E-state index contributed by atoms with van der Waals surface area (Å²) in [6.45, 7) is 0. The standard InChI is InChI=1S/C15H13BrClNO2.C14H11BrClNO2.ClH.Li/c1-20-13-8-9-14(16)18-15(13)12(19)7-4-10-2-5-11(17)6-3-10;15-13-8-7-12(19)14(17-13)11(18)6-3-9-1-4-10(16)5-2-9;;/h2-3,5-6,8-9H,4,7H2,1H3;1-2,4-5,7-8,19H,3,6H2;1H;/q;;;+1/p-1. The molecule has 0 atom stereocenters. The van der Waals surface area contributed by atoms with E-state index >= 15 is 0 Å². The fourth-order valence-corrected chi connectivity index (χ4v) is 4.35. The molecular weight excluding hydrogens is 713 g/mol. The van der Waals surface area contributed by atoms with Gasteiger partial charge in [0.25, 0.3) is 0 Å². The zero-order valence-electron chi connectivity index (χ0n) is 22.2. The number of aromatic nitrogens is 2. The molecule has 4 rings (SSSR count). The first-order valence-electron chi connectivity index (χ1n) is 11.8. The van der Waals surface area contributed by atoms with E-state index < -0.39 is 0 Å². The molecule has 210 valence electrons. The van der Waals surface area contributed by atoms with Gasteiger partial charge in [0.05, 0.1) is 7.11 Å². The van der Waals surface area contributed by atoms with Crippen molar-refractivity contribution in [3.8, 4) is 11.5 Å². The Labute approximate surface area is 284 Å². The van der Waals surface area contributed by atoms with E-state index in [1.54, 1.807) is 30.3 Å². The molecule has 0 amide bonds. The molecule has 0 saturated carbocycles. The molecule has 12 heteroatoms. The van der Waals surface area contributed by atoms with Gasteiger partial charge in [-0.05, 0) is 104 Å². The number of ketones is 2. The van der Waals surface area contributed by atoms with Crippen molar-refractivity contribution in [3.05, 3.63) is 115 Å². The van der Waals surface area contributed by atoms with E-state index in [9.17, 15) is 14.7 Å². The molecular formula is C29H24Br2Cl3LiN2O4. The summed E-state index contributed by atoms with van der Waals surface area (Å²) in [5.74, 6) is 0.172. The van der Waals surface area contributed by atoms with Crippen LogP contribution in [0.25, 0.3) is 0 Å². The third kappa shape index (κ3) is 12.1. The van der Waals surface area contributed by atoms with Gasteiger partial charge < -0.3 is 22.3 Å². The average molecular weight is 738 g/mol. The van der Waals surface area contributed by atoms with Crippen LogP contribution in [-0.2, 0) is 12.8 Å². The van der Waals surface area contributed by atoms with Crippen molar-refractivity contribution in [3.63, 3.8) is 0 Å². The molecule has 0 spiro atoms. The quantitative estimate of drug-likeness (QED) is 0.161. The van der Waals surface area contributed by atoms with Crippen LogP contribution in [0.5, 0.6) is 11.5 Å². The molecule has 2 aromatic carbocycles. The van der Waals surface area contributed by atoms with Crippen LogP contribution >= 0.6 is 55.1 Å². The first-order chi connectivity index (χ1) is 18.7. The average Bonchev–Trinajstić information content (AvgIpc) is 2.93. The van der Waals surface area contributed by atoms with Crippen LogP contribution in [0.15, 0.2) is 82.0 Å². The van der Waals surface area contributed by atoms with Crippen molar-refractivity contribution in [1.29, 1.82) is 0 Å². The predicted molar refractivity (Wildman–Crippen MR) is 160 cm³/mol. The van der Waals surface area contributed by atoms with E-state index in [0.717, 1.165) is 11.1 Å². The minimum Gasteiger partial charge on any atom is -1.00 e. The Morgan fingerprint density at radius 3 is 1.61 bits per heavy atom. The Morgan fingerprint density at radius 1 is 0.732 bits per heavy atom. The van der Waals surface area contributed by atoms with Crippen molar-refractivity contribution in [2.24, 2.45) is 0 Å². The molecule has 0 fully saturated rings. The molecule has 6 nitrogen and oxygen atoms in total. The van der Waals surface area contributed by atoms with Gasteiger partial charge in [-0.2, -0.15) is 0 Å². The number of nitrogens with zero attached hydrogens (tertiary/aromatic N) is 2. The summed E-state index contributed by atoms with van der Waals surface area (Å²) in [6, 6.07) is 21.3. The maximum atomic E-state index is 12.2. The van der Waals surface area contributed by atoms with Gasteiger partial charge in [-0.1, -0.05) is 47.5 Å². The fraction of sp³-hybridized carbons (Fsp3) is 0.172. The summed E-state index contributed by atoms with van der Waals surface area (Å²) < 4.78 is 6.31. The molecule has 1 N–H and O–H groups in total. The van der Waals surface area contributed by atoms with Gasteiger partial charge in [-0.25, -0.2) is 9.97 Å². The van der Waals surface area contributed by atoms with Gasteiger partial charge in [0.15, 0.2) is 11.6 Å². The Balaban J connectivity index is 0.000000391. The second kappa shape index (κ2) is 18.6. The summed E-state index contributed by atoms with van der Waals surface area (Å²) in [7, 11) is 1.53. The zero-order chi connectivity index (χ0) is 28.4. The third-order valence-corrected chi connectivity index (χ3v) is 6.91. The van der Waals surface area contributed by atoms with E-state index in [0.29, 0.717) is 56.4 Å². The van der Waals surface area contributed by atoms with Crippen molar-refractivity contribution in [1.82, 2.24) is 9.97 Å². The largest absolute Gasteiger partial charge is 1.00 e. The Hall–Kier alpha value is -1.89. The number of aryl methyl sites for hydroxylation is 2. The van der Waals surface area contributed by atoms with Crippen molar-refractivity contribution >= 4 is 66.6 Å². The van der Waals surface area contributed by atoms with Crippen LogP contribution in [0.1, 0.15) is 44.9 Å². The van der Waals surface area contributed by atoms with E-state index in [2.05, 4.69) is 41.8 Å². The van der Waals surface area contributed by atoms with Crippen LogP contribution < -0.4 is 36.0 Å². The number of rotatable bonds is 9. The van der Waals surface area contributed by atoms with Crippen molar-refractivity contribution < 1.29 is 50.7 Å². The van der Waals surface area contributed by atoms with Gasteiger partial charge >= 0.3 is 18.9 Å². The summed E-state index contributed by atoms with van der Waals surface area (Å²) in [6.07, 6.45) is 1.90. The number of Topliss-reactive ketones (excluding diaryl/α,β-unsaturated/α-hetero) is 2. The van der Waals surface area contributed by atoms with Crippen molar-refractivity contribution in [2.45, 2.75) is 25.7 Å². The molecule has 0 aliphatic rings. The maximum absolute atomic E-state index is 12.2. The number of carbonyl (C=O) groups is 2. The van der Waals surface area contributed by atoms with Gasteiger partial charge in [0.1, 0.15) is 32.1 Å². The summed E-state index contributed by atoms with van der Waals surface area (Å²) in [5.41, 5.74) is 2.54. The van der Waals surface area contributed by atoms with Gasteiger partial charge in [-0.15, -0.1) is 0 Å². The number of hydrogen-bond acceptors (Lipinski definition) is 6. The maximum Gasteiger partial charge on any atom is 1.00 e. The number of pyridine rings is 2. The molecule has 2 heterocycles. The number of halogens is 5. The van der Waals surface area contributed by atoms with Crippen LogP contribution in [0.2, 0.25) is 10.0 Å². The molecule has 0 aliphatic heterocycles. The number of ether oxygens (including phenoxy) is 1. The summed E-state index contributed by atoms with van der Waals surface area (Å²) in [5, 5.41) is 11.0. The minimum absolute atomic E-state index is 0. The second-order valence-electron chi connectivity index (χ2n) is 8.29. The van der Waals surface area contributed by atoms with Gasteiger partial charge in [-0.3, -0.25) is 9.59 Å². The molecule has 0 bridgehead atoms. The molecule has 0 radical (unpaired) electrons. The van der Waals surface area contributed by atoms with Crippen molar-refractivity contribution in [2.75, 3.05) is 7.11 Å². The number of methoxy groups -OCH3 is 1. The summed E-state index contributed by atoms with van der Waals surface area (Å²) in [4.78, 5) is 32.4. The molecule has 4 aromatic rings. The van der Waals surface area contributed by atoms with E-state index in [1.807, 2.05) is 36.4 Å². The second-order valence-corrected chi connectivity index (χ2v) is 10.8. The van der Waals surface area contributed by atoms with Gasteiger partial charge in [0.2, 0.25) is 0 Å². The number of carbonyl (C=O) groups excluding carboxylic acids is 2. The van der Waals surface area contributed by atoms with Gasteiger partial charge in [0, 0.05) is 22.9 Å². The third-order valence-electron chi connectivity index (χ3n) is 5.52. The van der Waals surface area contributed by atoms with E-state index in [1.165, 1.54) is 13.2 Å². The first kappa shape index (κ1) is 37.1. The molecule has 41 heavy (non-hydrogen) atoms. The topological polar surface area (TPSA) is 89.4 Å².